The lowest BCUT2D eigenvalue weighted by atomic mass is 10.0. The molecular formula is C62H107N2O7P. The molecule has 0 aromatic heterocycles. The molecule has 0 aromatic carbocycles. The molecule has 3 unspecified atom stereocenters. The minimum absolute atomic E-state index is 0.0359. The van der Waals surface area contributed by atoms with Crippen molar-refractivity contribution in [3.8, 4) is 0 Å². The highest BCUT2D eigenvalue weighted by Crippen LogP contribution is 2.38. The number of carbonyl (C=O) groups excluding carboxylic acids is 2. The van der Waals surface area contributed by atoms with Gasteiger partial charge >= 0.3 is 5.97 Å². The molecule has 9 nitrogen and oxygen atoms in total. The predicted octanol–water partition coefficient (Wildman–Crippen LogP) is 16.7. The van der Waals surface area contributed by atoms with E-state index in [-0.39, 0.29) is 31.3 Å². The molecule has 0 aliphatic rings. The third-order valence-electron chi connectivity index (χ3n) is 12.0. The Hall–Kier alpha value is -3.33. The van der Waals surface area contributed by atoms with E-state index >= 15 is 0 Å². The van der Waals surface area contributed by atoms with Crippen LogP contribution in [0.2, 0.25) is 0 Å². The Kier molecular flexibility index (Phi) is 48.8. The fraction of sp³-hybridized carbons (Fsp3) is 0.677. The number of unbranched alkanes of at least 4 members (excludes halogenated alkanes) is 20. The van der Waals surface area contributed by atoms with Crippen LogP contribution in [-0.4, -0.2) is 69.4 Å². The normalized spacial score (nSPS) is 14.6. The third kappa shape index (κ3) is 51.6. The van der Waals surface area contributed by atoms with Crippen molar-refractivity contribution >= 4 is 19.7 Å². The van der Waals surface area contributed by atoms with Gasteiger partial charge < -0.3 is 28.5 Å². The summed E-state index contributed by atoms with van der Waals surface area (Å²) in [6.45, 7) is 6.54. The summed E-state index contributed by atoms with van der Waals surface area (Å²) in [5.41, 5.74) is 0. The fourth-order valence-electron chi connectivity index (χ4n) is 7.61. The van der Waals surface area contributed by atoms with Crippen molar-refractivity contribution in [2.24, 2.45) is 0 Å². The molecule has 412 valence electrons. The first-order valence-corrected chi connectivity index (χ1v) is 30.2. The summed E-state index contributed by atoms with van der Waals surface area (Å²) in [4.78, 5) is 39.8. The van der Waals surface area contributed by atoms with E-state index in [9.17, 15) is 19.0 Å². The van der Waals surface area contributed by atoms with E-state index in [1.54, 1.807) is 0 Å². The molecule has 0 radical (unpaired) electrons. The zero-order chi connectivity index (χ0) is 52.9. The van der Waals surface area contributed by atoms with E-state index in [4.69, 9.17) is 13.8 Å². The van der Waals surface area contributed by atoms with Crippen LogP contribution in [0.3, 0.4) is 0 Å². The first kappa shape index (κ1) is 68.7. The number of phosphoric ester groups is 1. The van der Waals surface area contributed by atoms with Crippen molar-refractivity contribution in [3.63, 3.8) is 0 Å². The van der Waals surface area contributed by atoms with E-state index < -0.39 is 26.6 Å². The summed E-state index contributed by atoms with van der Waals surface area (Å²) < 4.78 is 30.2. The molecule has 0 aromatic rings. The van der Waals surface area contributed by atoms with Crippen molar-refractivity contribution in [2.75, 3.05) is 40.9 Å². The maximum atomic E-state index is 13.5. The fourth-order valence-corrected chi connectivity index (χ4v) is 8.33. The summed E-state index contributed by atoms with van der Waals surface area (Å²) >= 11 is 0. The largest absolute Gasteiger partial charge is 0.756 e. The summed E-state index contributed by atoms with van der Waals surface area (Å²) in [6, 6.07) is -0.913. The number of ether oxygens (including phenoxy) is 1. The molecular weight excluding hydrogens is 916 g/mol. The van der Waals surface area contributed by atoms with Gasteiger partial charge in [0.15, 0.2) is 0 Å². The van der Waals surface area contributed by atoms with Gasteiger partial charge in [-0.25, -0.2) is 0 Å². The van der Waals surface area contributed by atoms with Crippen molar-refractivity contribution in [2.45, 2.75) is 232 Å². The number of rotatable bonds is 50. The Morgan fingerprint density at radius 2 is 0.958 bits per heavy atom. The standard InChI is InChI=1S/C62H107N2O7P/c1-7-10-13-16-19-22-25-28-29-30-31-32-33-34-35-37-40-43-46-49-52-55-62(66)71-60(53-50-47-44-41-38-27-24-21-18-15-12-9-3)59(58-70-72(67,68)69-57-56-64(4,5)6)63-61(65)54-51-48-45-42-39-36-26-23-20-17-14-11-8-2/h10-11,13-14,17,19-20,22-23,26,28-29,31-32,34-35,50,53,59-60H,7-9,12,15-16,18,21,24-25,27,30,33,36-49,51-52,54-58H2,1-6H3,(H-,63,65,67,68)/b13-10-,14-11+,20-17+,22-19-,26-23-,29-28-,32-31-,35-34-,53-50-. The van der Waals surface area contributed by atoms with Crippen LogP contribution in [0.5, 0.6) is 0 Å². The molecule has 1 N–H and O–H groups in total. The quantitative estimate of drug-likeness (QED) is 0.0161. The molecule has 0 rings (SSSR count). The molecule has 10 heteroatoms. The van der Waals surface area contributed by atoms with E-state index in [1.807, 2.05) is 39.4 Å². The van der Waals surface area contributed by atoms with Crippen LogP contribution in [0, 0.1) is 0 Å². The number of carbonyl (C=O) groups is 2. The second kappa shape index (κ2) is 51.2. The second-order valence-electron chi connectivity index (χ2n) is 20.1. The maximum Gasteiger partial charge on any atom is 0.306 e. The number of allylic oxidation sites excluding steroid dienone is 17. The Morgan fingerprint density at radius 3 is 1.49 bits per heavy atom. The zero-order valence-corrected chi connectivity index (χ0v) is 47.7. The van der Waals surface area contributed by atoms with Crippen LogP contribution < -0.4 is 10.2 Å². The van der Waals surface area contributed by atoms with Crippen LogP contribution in [-0.2, 0) is 27.9 Å². The van der Waals surface area contributed by atoms with Crippen LogP contribution in [0.4, 0.5) is 0 Å². The third-order valence-corrected chi connectivity index (χ3v) is 13.0. The van der Waals surface area contributed by atoms with E-state index in [2.05, 4.69) is 117 Å². The topological polar surface area (TPSA) is 114 Å². The minimum Gasteiger partial charge on any atom is -0.756 e. The van der Waals surface area contributed by atoms with Crippen LogP contribution in [0.25, 0.3) is 0 Å². The number of nitrogens with zero attached hydrogens (tertiary/aromatic N) is 1. The molecule has 0 aliphatic carbocycles. The number of amides is 1. The number of hydrogen-bond acceptors (Lipinski definition) is 7. The van der Waals surface area contributed by atoms with Crippen molar-refractivity contribution < 1.29 is 37.3 Å². The van der Waals surface area contributed by atoms with Crippen LogP contribution in [0.1, 0.15) is 220 Å². The summed E-state index contributed by atoms with van der Waals surface area (Å²) in [6.07, 6.45) is 69.1. The number of hydrogen-bond donors (Lipinski definition) is 1. The number of phosphoric acid groups is 1. The SMILES string of the molecule is CC/C=C\C/C=C\C/C=C\C/C=C\C/C=C\CCCCCCCC(=O)OC(/C=C\CCCCCCCCCCCC)C(COP(=O)([O-])OCC[N+](C)(C)C)NC(=O)CCCCCCC\C=C/C=C/C=C/CC. The van der Waals surface area contributed by atoms with E-state index in [1.165, 1.54) is 51.4 Å². The lowest BCUT2D eigenvalue weighted by Gasteiger charge is -2.30. The predicted molar refractivity (Wildman–Crippen MR) is 307 cm³/mol. The molecule has 72 heavy (non-hydrogen) atoms. The molecule has 0 aliphatic heterocycles. The molecule has 0 fully saturated rings. The number of quaternary nitrogens is 1. The van der Waals surface area contributed by atoms with Gasteiger partial charge in [-0.3, -0.25) is 14.2 Å². The summed E-state index contributed by atoms with van der Waals surface area (Å²) in [5, 5.41) is 3.00. The van der Waals surface area contributed by atoms with Gasteiger partial charge in [0.1, 0.15) is 19.3 Å². The van der Waals surface area contributed by atoms with Gasteiger partial charge in [0.05, 0.1) is 33.8 Å². The molecule has 0 heterocycles. The Balaban J connectivity index is 5.37. The van der Waals surface area contributed by atoms with Crippen LogP contribution >= 0.6 is 7.82 Å². The maximum absolute atomic E-state index is 13.5. The average Bonchev–Trinajstić information content (AvgIpc) is 3.34. The molecule has 3 atom stereocenters. The van der Waals surface area contributed by atoms with Gasteiger partial charge in [-0.2, -0.15) is 0 Å². The average molecular weight is 1020 g/mol. The van der Waals surface area contributed by atoms with Gasteiger partial charge in [-0.05, 0) is 96.0 Å². The summed E-state index contributed by atoms with van der Waals surface area (Å²) in [7, 11) is 1.14. The van der Waals surface area contributed by atoms with Gasteiger partial charge in [0.25, 0.3) is 7.82 Å². The Morgan fingerprint density at radius 1 is 0.514 bits per heavy atom. The number of likely N-dealkylation sites (N-methyl/N-ethyl adjacent to an activating group) is 1. The first-order valence-electron chi connectivity index (χ1n) is 28.7. The number of esters is 1. The first-order chi connectivity index (χ1) is 34.9. The van der Waals surface area contributed by atoms with E-state index in [0.29, 0.717) is 23.9 Å². The monoisotopic (exact) mass is 1020 g/mol. The van der Waals surface area contributed by atoms with E-state index in [0.717, 1.165) is 122 Å². The summed E-state index contributed by atoms with van der Waals surface area (Å²) in [5.74, 6) is -0.596. The van der Waals surface area contributed by atoms with Crippen molar-refractivity contribution in [1.29, 1.82) is 0 Å². The van der Waals surface area contributed by atoms with Crippen LogP contribution in [0.15, 0.2) is 109 Å². The second-order valence-corrected chi connectivity index (χ2v) is 21.5. The van der Waals surface area contributed by atoms with Gasteiger partial charge in [-0.1, -0.05) is 220 Å². The zero-order valence-electron chi connectivity index (χ0n) is 46.8. The Bertz CT molecular complexity index is 1600. The smallest absolute Gasteiger partial charge is 0.306 e. The molecule has 0 saturated heterocycles. The van der Waals surface area contributed by atoms with Gasteiger partial charge in [-0.15, -0.1) is 0 Å². The highest BCUT2D eigenvalue weighted by Gasteiger charge is 2.27. The van der Waals surface area contributed by atoms with Gasteiger partial charge in [0.2, 0.25) is 5.91 Å². The molecule has 0 saturated carbocycles. The molecule has 1 amide bonds. The van der Waals surface area contributed by atoms with Crippen molar-refractivity contribution in [1.82, 2.24) is 5.32 Å². The van der Waals surface area contributed by atoms with Gasteiger partial charge in [0, 0.05) is 12.8 Å². The highest BCUT2D eigenvalue weighted by atomic mass is 31.2. The molecule has 0 bridgehead atoms. The highest BCUT2D eigenvalue weighted by molar-refractivity contribution is 7.45. The Labute approximate surface area is 442 Å². The minimum atomic E-state index is -4.71. The number of nitrogens with one attached hydrogen (secondary N) is 1. The molecule has 0 spiro atoms. The van der Waals surface area contributed by atoms with Crippen molar-refractivity contribution in [3.05, 3.63) is 109 Å². The lowest BCUT2D eigenvalue weighted by Crippen LogP contribution is -2.47. The lowest BCUT2D eigenvalue weighted by molar-refractivity contribution is -0.870.